The van der Waals surface area contributed by atoms with Gasteiger partial charge in [0.25, 0.3) is 0 Å². The lowest BCUT2D eigenvalue weighted by atomic mass is 9.78. The Hall–Kier alpha value is -2.63. The van der Waals surface area contributed by atoms with E-state index in [1.807, 2.05) is 40.1 Å². The van der Waals surface area contributed by atoms with Crippen molar-refractivity contribution in [3.63, 3.8) is 0 Å². The van der Waals surface area contributed by atoms with Crippen LogP contribution in [0.25, 0.3) is 0 Å². The highest BCUT2D eigenvalue weighted by Crippen LogP contribution is 2.34. The highest BCUT2D eigenvalue weighted by molar-refractivity contribution is 9.11. The Bertz CT molecular complexity index is 1380. The Morgan fingerprint density at radius 2 is 1.56 bits per heavy atom. The van der Waals surface area contributed by atoms with Gasteiger partial charge in [0.05, 0.1) is 5.69 Å². The molecule has 1 unspecified atom stereocenters. The molecule has 0 spiro atoms. The predicted molar refractivity (Wildman–Crippen MR) is 184 cm³/mol. The molecule has 4 aliphatic rings. The monoisotopic (exact) mass is 742 g/mol. The summed E-state index contributed by atoms with van der Waals surface area (Å²) >= 11 is 7.06. The quantitative estimate of drug-likeness (QED) is 0.343. The molecule has 6 rings (SSSR count). The summed E-state index contributed by atoms with van der Waals surface area (Å²) in [6.45, 7) is 4.85. The van der Waals surface area contributed by atoms with Crippen molar-refractivity contribution in [1.29, 1.82) is 0 Å². The third-order valence-electron chi connectivity index (χ3n) is 10.3. The normalized spacial score (nSPS) is 22.4. The average molecular weight is 745 g/mol. The van der Waals surface area contributed by atoms with Gasteiger partial charge in [0.2, 0.25) is 11.8 Å². The first kappa shape index (κ1) is 32.3. The summed E-state index contributed by atoms with van der Waals surface area (Å²) in [5.41, 5.74) is 9.72. The molecule has 9 nitrogen and oxygen atoms in total. The van der Waals surface area contributed by atoms with Crippen LogP contribution in [0.2, 0.25) is 0 Å². The summed E-state index contributed by atoms with van der Waals surface area (Å²) in [6, 6.07) is 11.5. The molecule has 4 N–H and O–H groups in total. The number of para-hydroxylation sites is 1. The molecule has 11 heteroatoms. The van der Waals surface area contributed by atoms with E-state index in [2.05, 4.69) is 53.5 Å². The third-order valence-corrected chi connectivity index (χ3v) is 11.6. The second-order valence-corrected chi connectivity index (χ2v) is 14.8. The van der Waals surface area contributed by atoms with E-state index in [0.717, 1.165) is 65.4 Å². The Morgan fingerprint density at radius 1 is 0.911 bits per heavy atom. The second-order valence-electron chi connectivity index (χ2n) is 13.1. The Labute approximate surface area is 282 Å². The van der Waals surface area contributed by atoms with E-state index in [1.165, 1.54) is 24.8 Å². The van der Waals surface area contributed by atoms with Gasteiger partial charge in [-0.25, -0.2) is 4.79 Å². The Morgan fingerprint density at radius 3 is 2.24 bits per heavy atom. The number of urea groups is 1. The minimum atomic E-state index is -0.690. The minimum absolute atomic E-state index is 0.0306. The molecule has 45 heavy (non-hydrogen) atoms. The number of rotatable bonds is 6. The van der Waals surface area contributed by atoms with Gasteiger partial charge in [-0.05, 0) is 125 Å². The molecule has 0 radical (unpaired) electrons. The lowest BCUT2D eigenvalue weighted by Crippen LogP contribution is -2.56. The minimum Gasteiger partial charge on any atom is -0.397 e. The van der Waals surface area contributed by atoms with Gasteiger partial charge < -0.3 is 31.1 Å². The number of likely N-dealkylation sites (tertiary alicyclic amines) is 3. The van der Waals surface area contributed by atoms with Crippen molar-refractivity contribution in [2.75, 3.05) is 50.3 Å². The smallest absolute Gasteiger partial charge is 0.318 e. The number of benzene rings is 2. The van der Waals surface area contributed by atoms with Crippen LogP contribution in [0.1, 0.15) is 56.1 Å². The second kappa shape index (κ2) is 14.4. The van der Waals surface area contributed by atoms with Crippen LogP contribution in [0.15, 0.2) is 45.3 Å². The van der Waals surface area contributed by atoms with Crippen LogP contribution in [0.4, 0.5) is 16.2 Å². The molecule has 2 atom stereocenters. The molecule has 0 aliphatic carbocycles. The summed E-state index contributed by atoms with van der Waals surface area (Å²) in [4.78, 5) is 47.0. The molecule has 4 amide bonds. The fourth-order valence-corrected chi connectivity index (χ4v) is 8.93. The van der Waals surface area contributed by atoms with Crippen molar-refractivity contribution in [1.82, 2.24) is 20.0 Å². The number of halogens is 2. The van der Waals surface area contributed by atoms with Crippen molar-refractivity contribution in [2.24, 2.45) is 11.8 Å². The van der Waals surface area contributed by atoms with Gasteiger partial charge in [-0.2, -0.15) is 0 Å². The van der Waals surface area contributed by atoms with Crippen LogP contribution < -0.4 is 16.4 Å². The van der Waals surface area contributed by atoms with Crippen LogP contribution in [-0.4, -0.2) is 83.9 Å². The number of hydrogen-bond acceptors (Lipinski definition) is 5. The molecular weight excluding hydrogens is 700 g/mol. The summed E-state index contributed by atoms with van der Waals surface area (Å²) in [5, 5.41) is 6.20. The predicted octanol–water partition coefficient (Wildman–Crippen LogP) is 5.41. The number of fused-ring (bicyclic) bond motifs is 1. The summed E-state index contributed by atoms with van der Waals surface area (Å²) in [6.07, 6.45) is 8.40. The molecule has 0 saturated carbocycles. The van der Waals surface area contributed by atoms with Crippen molar-refractivity contribution >= 4 is 61.1 Å². The van der Waals surface area contributed by atoms with E-state index in [4.69, 9.17) is 5.73 Å². The van der Waals surface area contributed by atoms with Gasteiger partial charge in [-0.15, -0.1) is 0 Å². The number of carbonyl (C=O) groups excluding carboxylic acids is 3. The molecule has 2 aromatic rings. The number of amides is 4. The Kier molecular flexibility index (Phi) is 10.4. The summed E-state index contributed by atoms with van der Waals surface area (Å²) in [5.74, 6) is 0.171. The van der Waals surface area contributed by atoms with Gasteiger partial charge in [0.1, 0.15) is 6.04 Å². The number of nitrogens with zero attached hydrogens (tertiary/aromatic N) is 3. The molecule has 242 valence electrons. The van der Waals surface area contributed by atoms with Crippen molar-refractivity contribution in [3.05, 3.63) is 56.5 Å². The fourth-order valence-electron chi connectivity index (χ4n) is 7.65. The molecular formula is C34H44Br2N6O3. The Balaban J connectivity index is 1.09. The first-order valence-corrected chi connectivity index (χ1v) is 18.1. The van der Waals surface area contributed by atoms with E-state index in [1.54, 1.807) is 0 Å². The van der Waals surface area contributed by atoms with Crippen molar-refractivity contribution in [2.45, 2.75) is 69.9 Å². The standard InChI is InChI=1S/C34H44Br2N6O3/c35-27-18-22(19-28(36)31(27)37)20-30(33(44)41-16-10-25(11-17-41)40-12-4-1-5-13-40)39-34(45)42-14-8-23(9-15-42)26-21-24-6-2-3-7-29(24)38-32(26)43/h2-3,6-7,18-19,23,25-26,30H,1,4-5,8-17,20-21,37H2,(H,38,43)(H,39,45)/t26?,30-/m1/s1. The maximum atomic E-state index is 14.0. The van der Waals surface area contributed by atoms with E-state index in [-0.39, 0.29) is 29.7 Å². The average Bonchev–Trinajstić information content (AvgIpc) is 3.06. The third kappa shape index (κ3) is 7.52. The van der Waals surface area contributed by atoms with Gasteiger partial charge in [0.15, 0.2) is 0 Å². The number of nitrogens with one attached hydrogen (secondary N) is 2. The van der Waals surface area contributed by atoms with Crippen LogP contribution in [0, 0.1) is 11.8 Å². The molecule has 3 saturated heterocycles. The van der Waals surface area contributed by atoms with E-state index in [0.29, 0.717) is 44.3 Å². The van der Waals surface area contributed by atoms with Gasteiger partial charge in [0, 0.05) is 59.2 Å². The van der Waals surface area contributed by atoms with Crippen LogP contribution in [0.3, 0.4) is 0 Å². The molecule has 4 aliphatic heterocycles. The lowest BCUT2D eigenvalue weighted by molar-refractivity contribution is -0.135. The van der Waals surface area contributed by atoms with E-state index >= 15 is 0 Å². The number of piperidine rings is 3. The number of carbonyl (C=O) groups is 3. The highest BCUT2D eigenvalue weighted by Gasteiger charge is 2.37. The zero-order chi connectivity index (χ0) is 31.5. The maximum absolute atomic E-state index is 14.0. The highest BCUT2D eigenvalue weighted by atomic mass is 79.9. The number of nitrogen functional groups attached to an aromatic ring is 1. The number of nitrogens with two attached hydrogens (primary N) is 1. The topological polar surface area (TPSA) is 111 Å². The zero-order valence-corrected chi connectivity index (χ0v) is 29.0. The SMILES string of the molecule is Nc1c(Br)cc(C[C@@H](NC(=O)N2CCC(C3Cc4ccccc4NC3=O)CC2)C(=O)N2CCC(N3CCCCC3)CC2)cc1Br. The van der Waals surface area contributed by atoms with Gasteiger partial charge in [-0.3, -0.25) is 9.59 Å². The maximum Gasteiger partial charge on any atom is 0.318 e. The number of hydrogen-bond donors (Lipinski definition) is 3. The molecule has 0 aromatic heterocycles. The number of anilines is 2. The molecule has 3 fully saturated rings. The zero-order valence-electron chi connectivity index (χ0n) is 25.8. The first-order chi connectivity index (χ1) is 21.8. The largest absolute Gasteiger partial charge is 0.397 e. The van der Waals surface area contributed by atoms with Crippen LogP contribution >= 0.6 is 31.9 Å². The lowest BCUT2D eigenvalue weighted by Gasteiger charge is -2.41. The van der Waals surface area contributed by atoms with Crippen LogP contribution in [0.5, 0.6) is 0 Å². The van der Waals surface area contributed by atoms with Crippen molar-refractivity contribution in [3.8, 4) is 0 Å². The summed E-state index contributed by atoms with van der Waals surface area (Å²) < 4.78 is 1.51. The summed E-state index contributed by atoms with van der Waals surface area (Å²) in [7, 11) is 0. The molecule has 0 bridgehead atoms. The molecule has 4 heterocycles. The van der Waals surface area contributed by atoms with E-state index in [9.17, 15) is 14.4 Å². The fraction of sp³-hybridized carbons (Fsp3) is 0.559. The van der Waals surface area contributed by atoms with Crippen LogP contribution in [-0.2, 0) is 22.4 Å². The van der Waals surface area contributed by atoms with Gasteiger partial charge >= 0.3 is 6.03 Å². The molecule has 2 aromatic carbocycles. The first-order valence-electron chi connectivity index (χ1n) is 16.5. The van der Waals surface area contributed by atoms with Crippen molar-refractivity contribution < 1.29 is 14.4 Å². The van der Waals surface area contributed by atoms with Gasteiger partial charge in [-0.1, -0.05) is 24.6 Å². The van der Waals surface area contributed by atoms with E-state index < -0.39 is 6.04 Å².